The highest BCUT2D eigenvalue weighted by atomic mass is 15.1. The lowest BCUT2D eigenvalue weighted by atomic mass is 9.29. The highest BCUT2D eigenvalue weighted by molar-refractivity contribution is 6.85. The fourth-order valence-electron chi connectivity index (χ4n) is 3.52. The van der Waals surface area contributed by atoms with Gasteiger partial charge in [-0.1, -0.05) is 67.8 Å². The molecule has 2 aromatic rings. The Bertz CT molecular complexity index is 729. The van der Waals surface area contributed by atoms with Gasteiger partial charge in [-0.2, -0.15) is 20.5 Å². The third-order valence-corrected chi connectivity index (χ3v) is 4.71. The van der Waals surface area contributed by atoms with Gasteiger partial charge in [0.1, 0.15) is 0 Å². The molecule has 1 aliphatic heterocycles. The summed E-state index contributed by atoms with van der Waals surface area (Å²) in [5.74, 6) is 2.93. The lowest BCUT2D eigenvalue weighted by Gasteiger charge is -2.42. The number of nitrogens with zero attached hydrogens (tertiary/aromatic N) is 1. The molecule has 2 aromatic carbocycles. The van der Waals surface area contributed by atoms with Gasteiger partial charge in [0.25, 0.3) is 0 Å². The highest BCUT2D eigenvalue weighted by Crippen LogP contribution is 2.31. The Balaban J connectivity index is 2.05. The Hall–Kier alpha value is -1.89. The van der Waals surface area contributed by atoms with Crippen molar-refractivity contribution in [3.05, 3.63) is 65.6 Å². The molecule has 0 atom stereocenters. The molecule has 0 N–H and O–H groups in total. The zero-order chi connectivity index (χ0) is 17.3. The molecule has 1 aliphatic rings. The van der Waals surface area contributed by atoms with Gasteiger partial charge in [0.05, 0.1) is 0 Å². The SMILES string of the molecule is CC(C)c1ccc2c(c1)C=CB(c1ccccc1)N2C[B-](C)(C)C. The molecule has 0 spiro atoms. The lowest BCUT2D eigenvalue weighted by molar-refractivity contribution is 0.866. The second-order valence-corrected chi connectivity index (χ2v) is 8.80. The lowest BCUT2D eigenvalue weighted by Crippen LogP contribution is -2.54. The molecule has 0 fully saturated rings. The van der Waals surface area contributed by atoms with Crippen LogP contribution in [0.1, 0.15) is 30.9 Å². The number of benzene rings is 2. The van der Waals surface area contributed by atoms with Crippen molar-refractivity contribution in [2.24, 2.45) is 0 Å². The van der Waals surface area contributed by atoms with E-state index in [1.165, 1.54) is 22.3 Å². The Morgan fingerprint density at radius 3 is 2.33 bits per heavy atom. The molecule has 1 nitrogen and oxygen atoms in total. The van der Waals surface area contributed by atoms with Crippen LogP contribution in [0, 0.1) is 0 Å². The third-order valence-electron chi connectivity index (χ3n) is 4.71. The second-order valence-electron chi connectivity index (χ2n) is 8.80. The average molecular weight is 316 g/mol. The first-order valence-electron chi connectivity index (χ1n) is 9.27. The molecule has 0 saturated carbocycles. The van der Waals surface area contributed by atoms with Crippen LogP contribution in [-0.4, -0.2) is 19.4 Å². The standard InChI is InChI=1S/C21H28B2N/c1-17(2)18-11-12-21-19(15-18)13-14-22(20-9-7-6-8-10-20)24(21)16-23(3,4)5/h6-15,17H,16H2,1-5H3/q-1. The van der Waals surface area contributed by atoms with Gasteiger partial charge in [-0.15, -0.1) is 6.44 Å². The second kappa shape index (κ2) is 6.55. The Morgan fingerprint density at radius 1 is 1.00 bits per heavy atom. The normalized spacial score (nSPS) is 14.2. The largest absolute Gasteiger partial charge is 0.441 e. The zero-order valence-electron chi connectivity index (χ0n) is 15.7. The van der Waals surface area contributed by atoms with Gasteiger partial charge in [-0.05, 0) is 29.2 Å². The quantitative estimate of drug-likeness (QED) is 0.721. The van der Waals surface area contributed by atoms with Crippen molar-refractivity contribution in [1.82, 2.24) is 0 Å². The van der Waals surface area contributed by atoms with Crippen LogP contribution >= 0.6 is 0 Å². The van der Waals surface area contributed by atoms with Crippen molar-refractivity contribution in [1.29, 1.82) is 0 Å². The van der Waals surface area contributed by atoms with Gasteiger partial charge in [-0.25, -0.2) is 0 Å². The third kappa shape index (κ3) is 3.61. The number of rotatable bonds is 4. The minimum Gasteiger partial charge on any atom is -0.441 e. The Morgan fingerprint density at radius 2 is 1.71 bits per heavy atom. The van der Waals surface area contributed by atoms with Crippen molar-refractivity contribution in [2.45, 2.75) is 40.2 Å². The van der Waals surface area contributed by atoms with E-state index in [0.29, 0.717) is 12.8 Å². The average Bonchev–Trinajstić information content (AvgIpc) is 2.54. The summed E-state index contributed by atoms with van der Waals surface area (Å²) in [7, 11) is 0. The first kappa shape index (κ1) is 16.9. The van der Waals surface area contributed by atoms with Crippen LogP contribution in [0.15, 0.2) is 54.5 Å². The molecule has 0 radical (unpaired) electrons. The summed E-state index contributed by atoms with van der Waals surface area (Å²) in [5, 5.41) is 0. The van der Waals surface area contributed by atoms with E-state index in [-0.39, 0.29) is 0 Å². The number of hydrogen-bond acceptors (Lipinski definition) is 1. The molecule has 1 heterocycles. The first-order valence-corrected chi connectivity index (χ1v) is 9.27. The van der Waals surface area contributed by atoms with Crippen molar-refractivity contribution >= 4 is 30.2 Å². The van der Waals surface area contributed by atoms with E-state index >= 15 is 0 Å². The summed E-state index contributed by atoms with van der Waals surface area (Å²) < 4.78 is 0. The molecule has 0 saturated heterocycles. The maximum atomic E-state index is 2.59. The number of anilines is 1. The van der Waals surface area contributed by atoms with E-state index < -0.39 is 6.15 Å². The van der Waals surface area contributed by atoms with E-state index in [1.807, 2.05) is 0 Å². The first-order chi connectivity index (χ1) is 11.3. The molecule has 0 aliphatic carbocycles. The van der Waals surface area contributed by atoms with Gasteiger partial charge in [-0.3, -0.25) is 0 Å². The summed E-state index contributed by atoms with van der Waals surface area (Å²) in [5.41, 5.74) is 5.51. The van der Waals surface area contributed by atoms with E-state index in [4.69, 9.17) is 0 Å². The van der Waals surface area contributed by atoms with Gasteiger partial charge in [0.2, 0.25) is 0 Å². The van der Waals surface area contributed by atoms with Crippen molar-refractivity contribution in [2.75, 3.05) is 11.3 Å². The van der Waals surface area contributed by atoms with Crippen molar-refractivity contribution < 1.29 is 0 Å². The number of hydrogen-bond donors (Lipinski definition) is 0. The summed E-state index contributed by atoms with van der Waals surface area (Å²) in [6.07, 6.45) is 2.98. The zero-order valence-corrected chi connectivity index (χ0v) is 15.7. The molecule has 0 aromatic heterocycles. The van der Waals surface area contributed by atoms with Crippen molar-refractivity contribution in [3.63, 3.8) is 0 Å². The minimum atomic E-state index is -0.421. The summed E-state index contributed by atoms with van der Waals surface area (Å²) in [4.78, 5) is 2.59. The monoisotopic (exact) mass is 316 g/mol. The van der Waals surface area contributed by atoms with E-state index in [1.54, 1.807) is 0 Å². The van der Waals surface area contributed by atoms with Crippen molar-refractivity contribution in [3.8, 4) is 0 Å². The fourth-order valence-corrected chi connectivity index (χ4v) is 3.52. The van der Waals surface area contributed by atoms with Crippen LogP contribution in [0.2, 0.25) is 20.5 Å². The highest BCUT2D eigenvalue weighted by Gasteiger charge is 2.28. The molecule has 3 heteroatoms. The smallest absolute Gasteiger partial charge is 0.313 e. The van der Waals surface area contributed by atoms with Gasteiger partial charge in [0, 0.05) is 11.8 Å². The minimum absolute atomic E-state index is 0.324. The maximum Gasteiger partial charge on any atom is 0.313 e. The summed E-state index contributed by atoms with van der Waals surface area (Å²) in [6.45, 7) is 12.0. The summed E-state index contributed by atoms with van der Waals surface area (Å²) >= 11 is 0. The molecular formula is C21H28B2N-. The van der Waals surface area contributed by atoms with Crippen LogP contribution in [0.4, 0.5) is 5.69 Å². The molecular weight excluding hydrogens is 288 g/mol. The molecule has 24 heavy (non-hydrogen) atoms. The fraction of sp³-hybridized carbons (Fsp3) is 0.333. The maximum absolute atomic E-state index is 2.59. The molecule has 124 valence electrons. The van der Waals surface area contributed by atoms with Gasteiger partial charge in [0.15, 0.2) is 0 Å². The molecule has 0 unspecified atom stereocenters. The summed E-state index contributed by atoms with van der Waals surface area (Å²) in [6, 6.07) is 17.8. The molecule has 0 bridgehead atoms. The molecule has 3 rings (SSSR count). The van der Waals surface area contributed by atoms with E-state index in [2.05, 4.69) is 99.7 Å². The topological polar surface area (TPSA) is 3.24 Å². The predicted octanol–water partition coefficient (Wildman–Crippen LogP) is 4.96. The van der Waals surface area contributed by atoms with Gasteiger partial charge < -0.3 is 4.81 Å². The van der Waals surface area contributed by atoms with Crippen LogP contribution in [0.25, 0.3) is 6.08 Å². The number of fused-ring (bicyclic) bond motifs is 1. The van der Waals surface area contributed by atoms with Crippen LogP contribution < -0.4 is 10.3 Å². The van der Waals surface area contributed by atoms with Crippen LogP contribution in [0.5, 0.6) is 0 Å². The Labute approximate surface area is 147 Å². The Kier molecular flexibility index (Phi) is 4.62. The van der Waals surface area contributed by atoms with E-state index in [0.717, 1.165) is 6.44 Å². The van der Waals surface area contributed by atoms with Crippen LogP contribution in [0.3, 0.4) is 0 Å². The van der Waals surface area contributed by atoms with Crippen LogP contribution in [-0.2, 0) is 0 Å². The van der Waals surface area contributed by atoms with Gasteiger partial charge >= 0.3 is 6.85 Å². The molecule has 0 amide bonds. The van der Waals surface area contributed by atoms with E-state index in [9.17, 15) is 0 Å². The predicted molar refractivity (Wildman–Crippen MR) is 112 cm³/mol.